The standard InChI is InChI=1S/C17H18ClNO2/c1-11(21-3)12-5-4-6-13(9-12)14-7-8-16(18)15(10-14)17(20)19-2/h4-11H,1-3H3,(H,19,20)/t11-/m1/s1. The maximum Gasteiger partial charge on any atom is 0.252 e. The highest BCUT2D eigenvalue weighted by Crippen LogP contribution is 2.28. The second-order valence-corrected chi connectivity index (χ2v) is 5.18. The maximum atomic E-state index is 11.8. The maximum absolute atomic E-state index is 11.8. The Morgan fingerprint density at radius 1 is 1.19 bits per heavy atom. The van der Waals surface area contributed by atoms with E-state index in [1.54, 1.807) is 26.3 Å². The van der Waals surface area contributed by atoms with Gasteiger partial charge in [0.1, 0.15) is 0 Å². The van der Waals surface area contributed by atoms with Crippen molar-refractivity contribution in [2.24, 2.45) is 0 Å². The third-order valence-electron chi connectivity index (χ3n) is 3.48. The summed E-state index contributed by atoms with van der Waals surface area (Å²) < 4.78 is 5.34. The van der Waals surface area contributed by atoms with E-state index in [-0.39, 0.29) is 12.0 Å². The third kappa shape index (κ3) is 3.43. The van der Waals surface area contributed by atoms with Crippen molar-refractivity contribution in [2.45, 2.75) is 13.0 Å². The Morgan fingerprint density at radius 2 is 1.90 bits per heavy atom. The SMILES string of the molecule is CNC(=O)c1cc(-c2cccc([C@@H](C)OC)c2)ccc1Cl. The first-order chi connectivity index (χ1) is 10.1. The number of carbonyl (C=O) groups excluding carboxylic acids is 1. The Morgan fingerprint density at radius 3 is 2.57 bits per heavy atom. The van der Waals surface area contributed by atoms with Gasteiger partial charge in [-0.25, -0.2) is 0 Å². The van der Waals surface area contributed by atoms with Crippen molar-refractivity contribution in [3.05, 3.63) is 58.6 Å². The van der Waals surface area contributed by atoms with Crippen LogP contribution in [0.1, 0.15) is 28.9 Å². The molecule has 0 aliphatic carbocycles. The number of amides is 1. The van der Waals surface area contributed by atoms with Crippen LogP contribution in [0.15, 0.2) is 42.5 Å². The summed E-state index contributed by atoms with van der Waals surface area (Å²) in [6.45, 7) is 2.00. The average Bonchev–Trinajstić information content (AvgIpc) is 2.54. The molecule has 1 N–H and O–H groups in total. The van der Waals surface area contributed by atoms with Crippen LogP contribution in [0.5, 0.6) is 0 Å². The number of hydrogen-bond donors (Lipinski definition) is 1. The Hall–Kier alpha value is -1.84. The zero-order valence-electron chi connectivity index (χ0n) is 12.3. The van der Waals surface area contributed by atoms with Gasteiger partial charge in [0.15, 0.2) is 0 Å². The molecule has 2 aromatic rings. The van der Waals surface area contributed by atoms with Crippen molar-refractivity contribution in [1.82, 2.24) is 5.32 Å². The molecule has 0 spiro atoms. The Balaban J connectivity index is 2.45. The fourth-order valence-corrected chi connectivity index (χ4v) is 2.32. The molecule has 1 amide bonds. The molecule has 0 radical (unpaired) electrons. The molecule has 1 atom stereocenters. The zero-order valence-corrected chi connectivity index (χ0v) is 13.1. The summed E-state index contributed by atoms with van der Waals surface area (Å²) in [6, 6.07) is 13.5. The molecule has 3 nitrogen and oxygen atoms in total. The summed E-state index contributed by atoms with van der Waals surface area (Å²) in [5.41, 5.74) is 3.54. The van der Waals surface area contributed by atoms with Gasteiger partial charge in [-0.15, -0.1) is 0 Å². The highest BCUT2D eigenvalue weighted by molar-refractivity contribution is 6.34. The van der Waals surface area contributed by atoms with Crippen molar-refractivity contribution in [3.63, 3.8) is 0 Å². The van der Waals surface area contributed by atoms with E-state index < -0.39 is 0 Å². The molecule has 2 aromatic carbocycles. The number of carbonyl (C=O) groups is 1. The predicted molar refractivity (Wildman–Crippen MR) is 85.7 cm³/mol. The lowest BCUT2D eigenvalue weighted by Crippen LogP contribution is -2.18. The van der Waals surface area contributed by atoms with Gasteiger partial charge < -0.3 is 10.1 Å². The second-order valence-electron chi connectivity index (χ2n) is 4.78. The fourth-order valence-electron chi connectivity index (χ4n) is 2.12. The van der Waals surface area contributed by atoms with Crippen molar-refractivity contribution in [2.75, 3.05) is 14.2 Å². The van der Waals surface area contributed by atoms with E-state index in [0.717, 1.165) is 16.7 Å². The monoisotopic (exact) mass is 303 g/mol. The van der Waals surface area contributed by atoms with E-state index in [4.69, 9.17) is 16.3 Å². The first kappa shape index (κ1) is 15.5. The molecule has 0 aliphatic heterocycles. The first-order valence-corrected chi connectivity index (χ1v) is 7.09. The molecule has 0 heterocycles. The fraction of sp³-hybridized carbons (Fsp3) is 0.235. The molecule has 0 bridgehead atoms. The number of benzene rings is 2. The number of rotatable bonds is 4. The van der Waals surface area contributed by atoms with E-state index in [0.29, 0.717) is 10.6 Å². The zero-order chi connectivity index (χ0) is 15.4. The van der Waals surface area contributed by atoms with Gasteiger partial charge in [-0.05, 0) is 41.8 Å². The molecule has 4 heteroatoms. The van der Waals surface area contributed by atoms with Crippen LogP contribution in [0.25, 0.3) is 11.1 Å². The van der Waals surface area contributed by atoms with E-state index in [9.17, 15) is 4.79 Å². The van der Waals surface area contributed by atoms with Gasteiger partial charge in [0.25, 0.3) is 5.91 Å². The largest absolute Gasteiger partial charge is 0.377 e. The number of hydrogen-bond acceptors (Lipinski definition) is 2. The lowest BCUT2D eigenvalue weighted by Gasteiger charge is -2.12. The number of nitrogens with one attached hydrogen (secondary N) is 1. The molecule has 0 fully saturated rings. The van der Waals surface area contributed by atoms with Gasteiger partial charge >= 0.3 is 0 Å². The summed E-state index contributed by atoms with van der Waals surface area (Å²) in [6.07, 6.45) is 0.0238. The molecule has 0 aromatic heterocycles. The van der Waals surface area contributed by atoms with Crippen LogP contribution >= 0.6 is 11.6 Å². The minimum absolute atomic E-state index is 0.0238. The number of ether oxygens (including phenoxy) is 1. The van der Waals surface area contributed by atoms with Gasteiger partial charge in [0.2, 0.25) is 0 Å². The third-order valence-corrected chi connectivity index (χ3v) is 3.81. The van der Waals surface area contributed by atoms with E-state index >= 15 is 0 Å². The predicted octanol–water partition coefficient (Wildman–Crippen LogP) is 4.07. The van der Waals surface area contributed by atoms with Gasteiger partial charge in [-0.3, -0.25) is 4.79 Å². The van der Waals surface area contributed by atoms with Crippen LogP contribution in [0, 0.1) is 0 Å². The number of halogens is 1. The highest BCUT2D eigenvalue weighted by Gasteiger charge is 2.11. The summed E-state index contributed by atoms with van der Waals surface area (Å²) in [5, 5.41) is 3.04. The molecule has 2 rings (SSSR count). The van der Waals surface area contributed by atoms with Crippen molar-refractivity contribution < 1.29 is 9.53 Å². The normalized spacial score (nSPS) is 12.0. The van der Waals surface area contributed by atoms with E-state index in [1.165, 1.54) is 0 Å². The molecule has 0 unspecified atom stereocenters. The van der Waals surface area contributed by atoms with Crippen LogP contribution < -0.4 is 5.32 Å². The van der Waals surface area contributed by atoms with Gasteiger partial charge in [0, 0.05) is 14.2 Å². The molecule has 0 aliphatic rings. The van der Waals surface area contributed by atoms with Crippen molar-refractivity contribution >= 4 is 17.5 Å². The van der Waals surface area contributed by atoms with E-state index in [2.05, 4.69) is 11.4 Å². The summed E-state index contributed by atoms with van der Waals surface area (Å²) in [4.78, 5) is 11.8. The van der Waals surface area contributed by atoms with Gasteiger partial charge in [-0.1, -0.05) is 35.9 Å². The molecule has 0 saturated heterocycles. The molecule has 21 heavy (non-hydrogen) atoms. The topological polar surface area (TPSA) is 38.3 Å². The minimum Gasteiger partial charge on any atom is -0.377 e. The van der Waals surface area contributed by atoms with Crippen molar-refractivity contribution in [3.8, 4) is 11.1 Å². The van der Waals surface area contributed by atoms with Crippen LogP contribution in [0.2, 0.25) is 5.02 Å². The molecule has 110 valence electrons. The first-order valence-electron chi connectivity index (χ1n) is 6.71. The Labute approximate surface area is 129 Å². The summed E-state index contributed by atoms with van der Waals surface area (Å²) in [5.74, 6) is -0.191. The van der Waals surface area contributed by atoms with Crippen LogP contribution in [0.3, 0.4) is 0 Å². The van der Waals surface area contributed by atoms with Gasteiger partial charge in [-0.2, -0.15) is 0 Å². The van der Waals surface area contributed by atoms with Crippen LogP contribution in [-0.4, -0.2) is 20.1 Å². The smallest absolute Gasteiger partial charge is 0.252 e. The van der Waals surface area contributed by atoms with E-state index in [1.807, 2.05) is 31.2 Å². The lowest BCUT2D eigenvalue weighted by molar-refractivity contribution is 0.0963. The summed E-state index contributed by atoms with van der Waals surface area (Å²) >= 11 is 6.08. The van der Waals surface area contributed by atoms with Gasteiger partial charge in [0.05, 0.1) is 16.7 Å². The lowest BCUT2D eigenvalue weighted by atomic mass is 9.99. The quantitative estimate of drug-likeness (QED) is 0.924. The van der Waals surface area contributed by atoms with Crippen LogP contribution in [-0.2, 0) is 4.74 Å². The summed E-state index contributed by atoms with van der Waals surface area (Å²) in [7, 11) is 3.27. The second kappa shape index (κ2) is 6.74. The van der Waals surface area contributed by atoms with Crippen LogP contribution in [0.4, 0.5) is 0 Å². The minimum atomic E-state index is -0.191. The molecular weight excluding hydrogens is 286 g/mol. The average molecular weight is 304 g/mol. The Kier molecular flexibility index (Phi) is 4.99. The molecular formula is C17H18ClNO2. The highest BCUT2D eigenvalue weighted by atomic mass is 35.5. The Bertz CT molecular complexity index is 655. The molecule has 0 saturated carbocycles. The number of methoxy groups -OCH3 is 1. The van der Waals surface area contributed by atoms with Crippen molar-refractivity contribution in [1.29, 1.82) is 0 Å².